The molecular formula is C15H21NO5. The van der Waals surface area contributed by atoms with Gasteiger partial charge in [-0.1, -0.05) is 13.3 Å². The number of hydrogen-bond donors (Lipinski definition) is 2. The van der Waals surface area contributed by atoms with Crippen molar-refractivity contribution in [3.8, 4) is 5.75 Å². The normalized spacial score (nSPS) is 11.7. The molecule has 21 heavy (non-hydrogen) atoms. The molecule has 0 spiro atoms. The number of carboxylic acids is 1. The van der Waals surface area contributed by atoms with Crippen molar-refractivity contribution >= 4 is 11.9 Å². The summed E-state index contributed by atoms with van der Waals surface area (Å²) in [7, 11) is 1.29. The summed E-state index contributed by atoms with van der Waals surface area (Å²) < 4.78 is 10.2. The molecule has 6 heteroatoms. The molecule has 1 unspecified atom stereocenters. The quantitative estimate of drug-likeness (QED) is 0.677. The summed E-state index contributed by atoms with van der Waals surface area (Å²) >= 11 is 0. The Morgan fingerprint density at radius 1 is 1.29 bits per heavy atom. The zero-order chi connectivity index (χ0) is 15.7. The van der Waals surface area contributed by atoms with Crippen molar-refractivity contribution < 1.29 is 24.2 Å². The minimum absolute atomic E-state index is 0.0839. The topological polar surface area (TPSA) is 84.9 Å². The lowest BCUT2D eigenvalue weighted by Crippen LogP contribution is -2.37. The smallest absolute Gasteiger partial charge is 0.334 e. The fraction of sp³-hybridized carbons (Fsp3) is 0.467. The van der Waals surface area contributed by atoms with Gasteiger partial charge in [0.05, 0.1) is 13.2 Å². The van der Waals surface area contributed by atoms with Crippen LogP contribution in [0.15, 0.2) is 24.3 Å². The first kappa shape index (κ1) is 17.0. The molecule has 0 heterocycles. The van der Waals surface area contributed by atoms with Crippen LogP contribution in [0.5, 0.6) is 5.75 Å². The third-order valence-electron chi connectivity index (χ3n) is 2.89. The average molecular weight is 295 g/mol. The number of carbonyl (C=O) groups excluding carboxylic acids is 1. The van der Waals surface area contributed by atoms with Gasteiger partial charge in [0, 0.05) is 12.7 Å². The maximum atomic E-state index is 11.9. The lowest BCUT2D eigenvalue weighted by atomic mass is 10.2. The number of aliphatic carboxylic acids is 1. The van der Waals surface area contributed by atoms with Gasteiger partial charge < -0.3 is 19.9 Å². The third-order valence-corrected chi connectivity index (χ3v) is 2.89. The van der Waals surface area contributed by atoms with E-state index in [4.69, 9.17) is 14.6 Å². The first-order valence-corrected chi connectivity index (χ1v) is 6.85. The molecule has 1 rings (SSSR count). The number of hydrogen-bond acceptors (Lipinski definition) is 4. The molecule has 2 N–H and O–H groups in total. The molecule has 0 aliphatic heterocycles. The monoisotopic (exact) mass is 295 g/mol. The molecule has 6 nitrogen and oxygen atoms in total. The molecule has 0 aliphatic carbocycles. The van der Waals surface area contributed by atoms with Gasteiger partial charge in [-0.25, -0.2) is 4.79 Å². The van der Waals surface area contributed by atoms with E-state index in [1.165, 1.54) is 7.11 Å². The van der Waals surface area contributed by atoms with E-state index in [2.05, 4.69) is 12.2 Å². The van der Waals surface area contributed by atoms with Gasteiger partial charge in [-0.15, -0.1) is 0 Å². The Bertz CT molecular complexity index is 458. The number of unbranched alkanes of at least 4 members (excludes halogenated alkanes) is 1. The van der Waals surface area contributed by atoms with Crippen LogP contribution in [-0.2, 0) is 9.53 Å². The maximum absolute atomic E-state index is 11.9. The molecule has 0 aromatic heterocycles. The third kappa shape index (κ3) is 5.83. The second-order valence-corrected chi connectivity index (χ2v) is 4.50. The fourth-order valence-corrected chi connectivity index (χ4v) is 1.60. The average Bonchev–Trinajstić information content (AvgIpc) is 2.48. The molecule has 1 aromatic rings. The lowest BCUT2D eigenvalue weighted by molar-refractivity contribution is -0.148. The van der Waals surface area contributed by atoms with Crippen molar-refractivity contribution in [2.24, 2.45) is 0 Å². The lowest BCUT2D eigenvalue weighted by Gasteiger charge is -2.12. The SMILES string of the molecule is CCCCOc1ccc(C(=O)NCC(OC)C(=O)O)cc1. The number of carbonyl (C=O) groups is 2. The van der Waals surface area contributed by atoms with Crippen molar-refractivity contribution in [3.05, 3.63) is 29.8 Å². The summed E-state index contributed by atoms with van der Waals surface area (Å²) in [5, 5.41) is 11.3. The predicted molar refractivity (Wildman–Crippen MR) is 77.6 cm³/mol. The van der Waals surface area contributed by atoms with E-state index in [1.54, 1.807) is 24.3 Å². The van der Waals surface area contributed by atoms with Crippen molar-refractivity contribution in [2.75, 3.05) is 20.3 Å². The van der Waals surface area contributed by atoms with Crippen LogP contribution in [0.25, 0.3) is 0 Å². The zero-order valence-corrected chi connectivity index (χ0v) is 12.3. The highest BCUT2D eigenvalue weighted by atomic mass is 16.5. The van der Waals surface area contributed by atoms with Crippen LogP contribution in [0.1, 0.15) is 30.1 Å². The van der Waals surface area contributed by atoms with Crippen molar-refractivity contribution in [1.29, 1.82) is 0 Å². The van der Waals surface area contributed by atoms with Gasteiger partial charge >= 0.3 is 5.97 Å². The summed E-state index contributed by atoms with van der Waals surface area (Å²) in [6.45, 7) is 2.65. The molecule has 0 saturated heterocycles. The number of nitrogens with one attached hydrogen (secondary N) is 1. The molecule has 0 saturated carbocycles. The second kappa shape index (κ2) is 8.97. The van der Waals surface area contributed by atoms with Gasteiger partial charge in [0.2, 0.25) is 0 Å². The maximum Gasteiger partial charge on any atom is 0.334 e. The number of benzene rings is 1. The zero-order valence-electron chi connectivity index (χ0n) is 12.3. The Morgan fingerprint density at radius 3 is 2.48 bits per heavy atom. The number of rotatable bonds is 9. The van der Waals surface area contributed by atoms with Crippen LogP contribution in [0, 0.1) is 0 Å². The van der Waals surface area contributed by atoms with E-state index in [1.807, 2.05) is 0 Å². The van der Waals surface area contributed by atoms with E-state index in [0.717, 1.165) is 12.8 Å². The number of carboxylic acid groups (broad SMARTS) is 1. The molecular weight excluding hydrogens is 274 g/mol. The number of amides is 1. The molecule has 1 aromatic carbocycles. The molecule has 1 amide bonds. The Labute approximate surface area is 124 Å². The van der Waals surface area contributed by atoms with E-state index >= 15 is 0 Å². The summed E-state index contributed by atoms with van der Waals surface area (Å²) in [6.07, 6.45) is 0.992. The minimum atomic E-state index is -1.11. The van der Waals surface area contributed by atoms with Crippen LogP contribution in [0.3, 0.4) is 0 Å². The van der Waals surface area contributed by atoms with Gasteiger partial charge in [-0.05, 0) is 30.7 Å². The first-order valence-electron chi connectivity index (χ1n) is 6.85. The molecule has 0 bridgehead atoms. The number of ether oxygens (including phenoxy) is 2. The van der Waals surface area contributed by atoms with Gasteiger partial charge in [-0.2, -0.15) is 0 Å². The minimum Gasteiger partial charge on any atom is -0.494 e. The highest BCUT2D eigenvalue weighted by molar-refractivity contribution is 5.94. The molecule has 0 fully saturated rings. The highest BCUT2D eigenvalue weighted by Gasteiger charge is 2.17. The van der Waals surface area contributed by atoms with E-state index in [-0.39, 0.29) is 12.5 Å². The van der Waals surface area contributed by atoms with E-state index in [9.17, 15) is 9.59 Å². The van der Waals surface area contributed by atoms with Crippen molar-refractivity contribution in [3.63, 3.8) is 0 Å². The molecule has 1 atom stereocenters. The van der Waals surface area contributed by atoms with Crippen LogP contribution in [0.4, 0.5) is 0 Å². The second-order valence-electron chi connectivity index (χ2n) is 4.50. The van der Waals surface area contributed by atoms with Crippen LogP contribution in [0.2, 0.25) is 0 Å². The van der Waals surface area contributed by atoms with Crippen LogP contribution >= 0.6 is 0 Å². The fourth-order valence-electron chi connectivity index (χ4n) is 1.60. The summed E-state index contributed by atoms with van der Waals surface area (Å²) in [4.78, 5) is 22.6. The highest BCUT2D eigenvalue weighted by Crippen LogP contribution is 2.12. The predicted octanol–water partition coefficient (Wildman–Crippen LogP) is 1.69. The Balaban J connectivity index is 2.49. The summed E-state index contributed by atoms with van der Waals surface area (Å²) in [6, 6.07) is 6.71. The first-order chi connectivity index (χ1) is 10.1. The van der Waals surface area contributed by atoms with E-state index < -0.39 is 12.1 Å². The molecule has 0 radical (unpaired) electrons. The van der Waals surface area contributed by atoms with Gasteiger partial charge in [0.15, 0.2) is 6.10 Å². The van der Waals surface area contributed by atoms with Gasteiger partial charge in [-0.3, -0.25) is 4.79 Å². The van der Waals surface area contributed by atoms with Gasteiger partial charge in [0.25, 0.3) is 5.91 Å². The Hall–Kier alpha value is -2.08. The van der Waals surface area contributed by atoms with Crippen LogP contribution < -0.4 is 10.1 Å². The van der Waals surface area contributed by atoms with Crippen molar-refractivity contribution in [2.45, 2.75) is 25.9 Å². The standard InChI is InChI=1S/C15H21NO5/c1-3-4-9-21-12-7-5-11(6-8-12)14(17)16-10-13(20-2)15(18)19/h5-8,13H,3-4,9-10H2,1-2H3,(H,16,17)(H,18,19). The Morgan fingerprint density at radius 2 is 1.95 bits per heavy atom. The Kier molecular flexibility index (Phi) is 7.25. The summed E-state index contributed by atoms with van der Waals surface area (Å²) in [5.74, 6) is -0.754. The van der Waals surface area contributed by atoms with Crippen molar-refractivity contribution in [1.82, 2.24) is 5.32 Å². The van der Waals surface area contributed by atoms with E-state index in [0.29, 0.717) is 17.9 Å². The van der Waals surface area contributed by atoms with Crippen LogP contribution in [-0.4, -0.2) is 43.3 Å². The number of methoxy groups -OCH3 is 1. The molecule has 0 aliphatic rings. The largest absolute Gasteiger partial charge is 0.494 e. The summed E-state index contributed by atoms with van der Waals surface area (Å²) in [5.41, 5.74) is 0.443. The van der Waals surface area contributed by atoms with Gasteiger partial charge in [0.1, 0.15) is 5.75 Å². The molecule has 116 valence electrons.